The number of methoxy groups -OCH3 is 2. The van der Waals surface area contributed by atoms with Crippen LogP contribution in [0.5, 0.6) is 0 Å². The minimum atomic E-state index is -0.693. The number of carbonyl (C=O) groups excluding carboxylic acids is 3. The Morgan fingerprint density at radius 2 is 1.88 bits per heavy atom. The van der Waals surface area contributed by atoms with Gasteiger partial charge in [-0.1, -0.05) is 36.4 Å². The van der Waals surface area contributed by atoms with Crippen molar-refractivity contribution in [3.63, 3.8) is 0 Å². The third-order valence-corrected chi connectivity index (χ3v) is 8.42. The molecular formula is C31H29N5O5S. The number of fused-ring (bicyclic) bond motifs is 3. The maximum absolute atomic E-state index is 13.4. The highest BCUT2D eigenvalue weighted by molar-refractivity contribution is 7.07. The van der Waals surface area contributed by atoms with Crippen molar-refractivity contribution in [3.05, 3.63) is 105 Å². The summed E-state index contributed by atoms with van der Waals surface area (Å²) in [4.78, 5) is 49.8. The normalized spacial score (nSPS) is 16.8. The van der Waals surface area contributed by atoms with Crippen molar-refractivity contribution in [3.8, 4) is 0 Å². The van der Waals surface area contributed by atoms with Crippen molar-refractivity contribution in [2.45, 2.75) is 31.1 Å². The fraction of sp³-hybridized carbons (Fsp3) is 0.258. The average molecular weight is 584 g/mol. The predicted octanol–water partition coefficient (Wildman–Crippen LogP) is 4.10. The van der Waals surface area contributed by atoms with E-state index in [9.17, 15) is 14.4 Å². The zero-order valence-corrected chi connectivity index (χ0v) is 23.9. The first-order valence-electron chi connectivity index (χ1n) is 13.4. The van der Waals surface area contributed by atoms with Gasteiger partial charge in [-0.05, 0) is 47.7 Å². The first-order chi connectivity index (χ1) is 20.4. The standard InChI is InChI=1S/C31H29N5O5S/c1-40-29(41-2)23-7-4-3-6-20(23)15-36(28(38)25-17-42-18-33-25)16-26(37)34-22-10-9-19-13-31(14-21(19)12-22)24-8-5-11-32-27(24)35-30(31)39/h3-12,17-18,29H,13-16H2,1-2H3,(H,34,37)(H,32,35,39). The lowest BCUT2D eigenvalue weighted by Gasteiger charge is -2.24. The minimum absolute atomic E-state index is 0.0568. The van der Waals surface area contributed by atoms with Crippen LogP contribution >= 0.6 is 11.3 Å². The molecular weight excluding hydrogens is 554 g/mol. The van der Waals surface area contributed by atoms with Crippen LogP contribution in [0.3, 0.4) is 0 Å². The minimum Gasteiger partial charge on any atom is -0.352 e. The molecule has 214 valence electrons. The van der Waals surface area contributed by atoms with Crippen LogP contribution in [0.4, 0.5) is 11.5 Å². The van der Waals surface area contributed by atoms with E-state index in [1.165, 1.54) is 16.2 Å². The maximum Gasteiger partial charge on any atom is 0.274 e. The molecule has 1 aliphatic heterocycles. The van der Waals surface area contributed by atoms with Crippen molar-refractivity contribution in [1.82, 2.24) is 14.9 Å². The van der Waals surface area contributed by atoms with E-state index in [1.807, 2.05) is 54.6 Å². The van der Waals surface area contributed by atoms with Crippen LogP contribution in [-0.4, -0.2) is 53.4 Å². The molecule has 3 amide bonds. The lowest BCUT2D eigenvalue weighted by Crippen LogP contribution is -2.38. The Balaban J connectivity index is 1.21. The molecule has 0 bridgehead atoms. The van der Waals surface area contributed by atoms with E-state index in [2.05, 4.69) is 20.6 Å². The van der Waals surface area contributed by atoms with Crippen molar-refractivity contribution in [2.24, 2.45) is 0 Å². The highest BCUT2D eigenvalue weighted by Gasteiger charge is 2.51. The summed E-state index contributed by atoms with van der Waals surface area (Å²) in [5.41, 5.74) is 6.26. The number of anilines is 2. The van der Waals surface area contributed by atoms with Gasteiger partial charge in [-0.3, -0.25) is 14.4 Å². The number of carbonyl (C=O) groups is 3. The van der Waals surface area contributed by atoms with Gasteiger partial charge in [0.15, 0.2) is 6.29 Å². The van der Waals surface area contributed by atoms with E-state index in [0.29, 0.717) is 24.3 Å². The highest BCUT2D eigenvalue weighted by atomic mass is 32.1. The first-order valence-corrected chi connectivity index (χ1v) is 14.4. The highest BCUT2D eigenvalue weighted by Crippen LogP contribution is 2.46. The lowest BCUT2D eigenvalue weighted by atomic mass is 9.79. The third kappa shape index (κ3) is 5.06. The maximum atomic E-state index is 13.4. The van der Waals surface area contributed by atoms with Gasteiger partial charge >= 0.3 is 0 Å². The van der Waals surface area contributed by atoms with E-state index in [1.54, 1.807) is 31.3 Å². The number of thiazole rings is 1. The summed E-state index contributed by atoms with van der Waals surface area (Å²) in [5.74, 6) is -0.161. The fourth-order valence-electron chi connectivity index (χ4n) is 5.86. The molecule has 2 aromatic heterocycles. The summed E-state index contributed by atoms with van der Waals surface area (Å²) in [6, 6.07) is 17.0. The monoisotopic (exact) mass is 583 g/mol. The summed E-state index contributed by atoms with van der Waals surface area (Å²) in [6.45, 7) is -0.0454. The number of ether oxygens (including phenoxy) is 2. The smallest absolute Gasteiger partial charge is 0.274 e. The molecule has 10 nitrogen and oxygen atoms in total. The second-order valence-electron chi connectivity index (χ2n) is 10.4. The number of amides is 3. The average Bonchev–Trinajstić information content (AvgIpc) is 3.72. The third-order valence-electron chi connectivity index (χ3n) is 7.84. The second-order valence-corrected chi connectivity index (χ2v) is 11.1. The Kier molecular flexibility index (Phi) is 7.55. The van der Waals surface area contributed by atoms with Gasteiger partial charge in [0.2, 0.25) is 11.8 Å². The van der Waals surface area contributed by atoms with E-state index >= 15 is 0 Å². The Bertz CT molecular complexity index is 1660. The number of nitrogens with zero attached hydrogens (tertiary/aromatic N) is 3. The van der Waals surface area contributed by atoms with E-state index < -0.39 is 11.7 Å². The van der Waals surface area contributed by atoms with E-state index in [4.69, 9.17) is 9.47 Å². The van der Waals surface area contributed by atoms with Crippen LogP contribution in [0, 0.1) is 0 Å². The van der Waals surface area contributed by atoms with Crippen LogP contribution in [0.1, 0.15) is 44.6 Å². The van der Waals surface area contributed by atoms with Crippen LogP contribution in [0.15, 0.2) is 71.7 Å². The fourth-order valence-corrected chi connectivity index (χ4v) is 6.39. The van der Waals surface area contributed by atoms with Crippen LogP contribution in [0.25, 0.3) is 0 Å². The molecule has 0 radical (unpaired) electrons. The number of pyridine rings is 1. The van der Waals surface area contributed by atoms with Crippen molar-refractivity contribution >= 4 is 40.6 Å². The molecule has 1 spiro atoms. The number of nitrogens with one attached hydrogen (secondary N) is 2. The lowest BCUT2D eigenvalue weighted by molar-refractivity contribution is -0.120. The molecule has 2 N–H and O–H groups in total. The summed E-state index contributed by atoms with van der Waals surface area (Å²) in [5, 5.41) is 7.52. The van der Waals surface area contributed by atoms with Crippen molar-refractivity contribution in [1.29, 1.82) is 0 Å². The molecule has 0 fully saturated rings. The summed E-state index contributed by atoms with van der Waals surface area (Å²) < 4.78 is 10.9. The molecule has 1 aliphatic carbocycles. The summed E-state index contributed by atoms with van der Waals surface area (Å²) >= 11 is 1.31. The van der Waals surface area contributed by atoms with Gasteiger partial charge in [-0.25, -0.2) is 9.97 Å². The van der Waals surface area contributed by atoms with Gasteiger partial charge < -0.3 is 25.0 Å². The van der Waals surface area contributed by atoms with Gasteiger partial charge in [-0.2, -0.15) is 0 Å². The Morgan fingerprint density at radius 1 is 1.07 bits per heavy atom. The predicted molar refractivity (Wildman–Crippen MR) is 157 cm³/mol. The Labute approximate surface area is 246 Å². The van der Waals surface area contributed by atoms with Gasteiger partial charge in [0.25, 0.3) is 5.91 Å². The number of hydrogen-bond donors (Lipinski definition) is 2. The van der Waals surface area contributed by atoms with Gasteiger partial charge in [0.1, 0.15) is 18.1 Å². The zero-order chi connectivity index (χ0) is 29.3. The molecule has 11 heteroatoms. The molecule has 4 aromatic rings. The van der Waals surface area contributed by atoms with E-state index in [0.717, 1.165) is 27.8 Å². The number of benzene rings is 2. The van der Waals surface area contributed by atoms with Gasteiger partial charge in [0, 0.05) is 49.2 Å². The number of aromatic nitrogens is 2. The van der Waals surface area contributed by atoms with Crippen LogP contribution in [0.2, 0.25) is 0 Å². The van der Waals surface area contributed by atoms with Gasteiger partial charge in [-0.15, -0.1) is 11.3 Å². The topological polar surface area (TPSA) is 123 Å². The molecule has 6 rings (SSSR count). The van der Waals surface area contributed by atoms with E-state index in [-0.39, 0.29) is 36.5 Å². The molecule has 3 heterocycles. The second kappa shape index (κ2) is 11.4. The van der Waals surface area contributed by atoms with Crippen molar-refractivity contribution < 1.29 is 23.9 Å². The molecule has 1 unspecified atom stereocenters. The SMILES string of the molecule is COC(OC)c1ccccc1CN(CC(=O)Nc1ccc2c(c1)CC1(C2)C(=O)Nc2ncccc21)C(=O)c1cscn1. The van der Waals surface area contributed by atoms with Gasteiger partial charge in [0.05, 0.1) is 10.9 Å². The molecule has 2 aromatic carbocycles. The Hall–Kier alpha value is -4.45. The van der Waals surface area contributed by atoms with Crippen LogP contribution < -0.4 is 10.6 Å². The first kappa shape index (κ1) is 27.7. The summed E-state index contributed by atoms with van der Waals surface area (Å²) in [6.07, 6.45) is 2.13. The molecule has 0 saturated heterocycles. The van der Waals surface area contributed by atoms with Crippen molar-refractivity contribution in [2.75, 3.05) is 31.4 Å². The summed E-state index contributed by atoms with van der Waals surface area (Å²) in [7, 11) is 3.09. The Morgan fingerprint density at radius 3 is 2.67 bits per heavy atom. The number of hydrogen-bond acceptors (Lipinski definition) is 8. The molecule has 2 aliphatic rings. The van der Waals surface area contributed by atoms with Crippen LogP contribution in [-0.2, 0) is 43.9 Å². The zero-order valence-electron chi connectivity index (χ0n) is 23.1. The number of rotatable bonds is 9. The molecule has 0 saturated carbocycles. The molecule has 1 atom stereocenters. The quantitative estimate of drug-likeness (QED) is 0.285. The molecule has 42 heavy (non-hydrogen) atoms. The largest absolute Gasteiger partial charge is 0.352 e.